The van der Waals surface area contributed by atoms with Crippen molar-refractivity contribution in [2.75, 3.05) is 98.5 Å². The lowest BCUT2D eigenvalue weighted by Crippen LogP contribution is -2.50. The molecule has 9 N–H and O–H groups in total. The zero-order valence-corrected chi connectivity index (χ0v) is 39.2. The number of benzene rings is 1. The number of carbonyl (C=O) groups is 7. The zero-order chi connectivity index (χ0) is 48.1. The van der Waals surface area contributed by atoms with E-state index in [9.17, 15) is 48.9 Å². The SMILES string of the molecule is CN1CCN(C)CCN(CC(=O)O)C(Cc2ccc(NC(=S)NCCCCCC(=O)C[C@@H](CCC(=O)O)C(=O)NCCCC[C@H](NC(=O)NCCCC(=O)O)C(=O)O)cc2)CN(C)CC1. The first kappa shape index (κ1) is 56.2. The van der Waals surface area contributed by atoms with Crippen LogP contribution in [0.25, 0.3) is 0 Å². The van der Waals surface area contributed by atoms with Gasteiger partial charge in [0.1, 0.15) is 11.8 Å². The minimum atomic E-state index is -1.24. The Morgan fingerprint density at radius 2 is 1.26 bits per heavy atom. The molecule has 2 rings (SSSR count). The number of Topliss-reactive ketones (excluding diaryl/α,β-unsaturated/α-hetero) is 1. The molecule has 0 saturated carbocycles. The van der Waals surface area contributed by atoms with Crippen LogP contribution in [0.15, 0.2) is 24.3 Å². The average molecular weight is 936 g/mol. The van der Waals surface area contributed by atoms with Crippen molar-refractivity contribution < 1.29 is 54.0 Å². The van der Waals surface area contributed by atoms with Crippen LogP contribution in [0.4, 0.5) is 10.5 Å². The molecule has 3 amide bonds. The van der Waals surface area contributed by atoms with Crippen molar-refractivity contribution >= 4 is 64.6 Å². The number of hydrogen-bond acceptors (Lipinski definition) is 12. The fraction of sp³-hybridized carbons (Fsp3) is 0.682. The van der Waals surface area contributed by atoms with Gasteiger partial charge >= 0.3 is 29.9 Å². The number of hydrogen-bond donors (Lipinski definition) is 9. The fourth-order valence-electron chi connectivity index (χ4n) is 7.27. The number of carboxylic acid groups (broad SMARTS) is 4. The van der Waals surface area contributed by atoms with Gasteiger partial charge in [-0.05, 0) is 102 Å². The summed E-state index contributed by atoms with van der Waals surface area (Å²) < 4.78 is 0. The highest BCUT2D eigenvalue weighted by atomic mass is 32.1. The second kappa shape index (κ2) is 31.8. The van der Waals surface area contributed by atoms with Gasteiger partial charge in [-0.1, -0.05) is 18.6 Å². The molecule has 0 radical (unpaired) electrons. The van der Waals surface area contributed by atoms with E-state index in [-0.39, 0.29) is 76.4 Å². The quantitative estimate of drug-likeness (QED) is 0.0429. The number of likely N-dealkylation sites (N-methyl/N-ethyl adjacent to an activating group) is 3. The largest absolute Gasteiger partial charge is 0.481 e. The normalized spacial score (nSPS) is 16.8. The predicted molar refractivity (Wildman–Crippen MR) is 250 cm³/mol. The van der Waals surface area contributed by atoms with Gasteiger partial charge in [-0.2, -0.15) is 0 Å². The van der Waals surface area contributed by atoms with Crippen molar-refractivity contribution in [1.82, 2.24) is 40.9 Å². The third-order valence-corrected chi connectivity index (χ3v) is 11.4. The second-order valence-corrected chi connectivity index (χ2v) is 17.3. The van der Waals surface area contributed by atoms with E-state index in [2.05, 4.69) is 67.3 Å². The Kier molecular flexibility index (Phi) is 27.5. The van der Waals surface area contributed by atoms with Gasteiger partial charge in [0.15, 0.2) is 5.11 Å². The fourth-order valence-corrected chi connectivity index (χ4v) is 7.49. The Morgan fingerprint density at radius 1 is 0.662 bits per heavy atom. The van der Waals surface area contributed by atoms with Gasteiger partial charge in [-0.3, -0.25) is 28.9 Å². The molecule has 21 heteroatoms. The summed E-state index contributed by atoms with van der Waals surface area (Å²) in [6.07, 6.45) is 3.47. The van der Waals surface area contributed by atoms with Crippen LogP contribution >= 0.6 is 12.2 Å². The summed E-state index contributed by atoms with van der Waals surface area (Å²) >= 11 is 5.51. The maximum absolute atomic E-state index is 12.9. The van der Waals surface area contributed by atoms with Crippen LogP contribution in [0.5, 0.6) is 0 Å². The first-order valence-electron chi connectivity index (χ1n) is 22.6. The average Bonchev–Trinajstić information content (AvgIpc) is 3.24. The number of amides is 3. The van der Waals surface area contributed by atoms with E-state index in [0.29, 0.717) is 43.9 Å². The molecule has 0 spiro atoms. The summed E-state index contributed by atoms with van der Waals surface area (Å²) in [5.74, 6) is -5.58. The highest BCUT2D eigenvalue weighted by Gasteiger charge is 2.25. The number of aliphatic carboxylic acids is 4. The number of thiocarbonyl (C=S) groups is 1. The second-order valence-electron chi connectivity index (χ2n) is 16.9. The van der Waals surface area contributed by atoms with Gasteiger partial charge in [-0.15, -0.1) is 0 Å². The third-order valence-electron chi connectivity index (χ3n) is 11.2. The van der Waals surface area contributed by atoms with Crippen molar-refractivity contribution in [3.8, 4) is 0 Å². The molecule has 1 heterocycles. The summed E-state index contributed by atoms with van der Waals surface area (Å²) in [5, 5.41) is 51.4. The van der Waals surface area contributed by atoms with Crippen LogP contribution in [0.3, 0.4) is 0 Å². The van der Waals surface area contributed by atoms with E-state index >= 15 is 0 Å². The van der Waals surface area contributed by atoms with Crippen molar-refractivity contribution in [3.05, 3.63) is 29.8 Å². The molecule has 1 aromatic rings. The summed E-state index contributed by atoms with van der Waals surface area (Å²) in [4.78, 5) is 92.1. The number of anilines is 1. The first-order valence-corrected chi connectivity index (χ1v) is 23.0. The minimum Gasteiger partial charge on any atom is -0.481 e. The molecule has 20 nitrogen and oxygen atoms in total. The van der Waals surface area contributed by atoms with Gasteiger partial charge in [-0.25, -0.2) is 9.59 Å². The van der Waals surface area contributed by atoms with Crippen LogP contribution in [0.1, 0.15) is 82.6 Å². The van der Waals surface area contributed by atoms with Gasteiger partial charge in [0.25, 0.3) is 0 Å². The maximum Gasteiger partial charge on any atom is 0.326 e. The summed E-state index contributed by atoms with van der Waals surface area (Å²) in [6.45, 7) is 6.68. The molecule has 1 unspecified atom stereocenters. The van der Waals surface area contributed by atoms with Gasteiger partial charge in [0, 0.05) is 109 Å². The van der Waals surface area contributed by atoms with Gasteiger partial charge in [0.05, 0.1) is 6.54 Å². The molecule has 0 bridgehead atoms. The molecule has 3 atom stereocenters. The number of urea groups is 1. The number of unbranched alkanes of at least 4 members (excludes halogenated alkanes) is 3. The van der Waals surface area contributed by atoms with Gasteiger partial charge in [0.2, 0.25) is 5.91 Å². The van der Waals surface area contributed by atoms with E-state index in [4.69, 9.17) is 17.3 Å². The number of carbonyl (C=O) groups excluding carboxylic acids is 3. The van der Waals surface area contributed by atoms with Crippen LogP contribution in [0, 0.1) is 5.92 Å². The molecular formula is C44H73N9O11S. The van der Waals surface area contributed by atoms with Crippen molar-refractivity contribution in [3.63, 3.8) is 0 Å². The topological polar surface area (TPSA) is 274 Å². The zero-order valence-electron chi connectivity index (χ0n) is 38.4. The monoisotopic (exact) mass is 936 g/mol. The summed E-state index contributed by atoms with van der Waals surface area (Å²) in [5.41, 5.74) is 1.91. The standard InChI is InChI=1S/C44H73N9O11S/c1-50-22-23-51(2)26-27-53(31-40(59)60)35(30-52(3)25-24-50)28-32-13-16-34(17-14-32)48-44(65)47-20-7-4-5-10-36(54)29-33(15-18-39(57)58)41(61)45-19-8-6-11-37(42(62)63)49-43(64)46-21-9-12-38(55)56/h13-14,16-17,33,35,37H,4-12,15,18-31H2,1-3H3,(H,45,61)(H,55,56)(H,57,58)(H,59,60)(H,62,63)(H2,46,49,64)(H2,47,48,65)/t33-,35?,37+/m1/s1. The molecule has 0 aromatic heterocycles. The number of nitrogens with one attached hydrogen (secondary N) is 5. The molecule has 1 saturated heterocycles. The Balaban J connectivity index is 1.75. The van der Waals surface area contributed by atoms with E-state index in [1.807, 2.05) is 24.3 Å². The molecule has 0 aliphatic carbocycles. The van der Waals surface area contributed by atoms with E-state index in [0.717, 1.165) is 63.4 Å². The highest BCUT2D eigenvalue weighted by Crippen LogP contribution is 2.17. The van der Waals surface area contributed by atoms with Crippen molar-refractivity contribution in [1.29, 1.82) is 0 Å². The molecule has 366 valence electrons. The third kappa shape index (κ3) is 26.6. The lowest BCUT2D eigenvalue weighted by molar-refractivity contribution is -0.140. The lowest BCUT2D eigenvalue weighted by atomic mass is 9.94. The van der Waals surface area contributed by atoms with Gasteiger partial charge < -0.3 is 61.7 Å². The predicted octanol–water partition coefficient (Wildman–Crippen LogP) is 1.98. The Bertz CT molecular complexity index is 1670. The number of rotatable bonds is 28. The number of nitrogens with zero attached hydrogens (tertiary/aromatic N) is 4. The summed E-state index contributed by atoms with van der Waals surface area (Å²) in [6, 6.07) is 6.08. The van der Waals surface area contributed by atoms with Crippen LogP contribution < -0.4 is 26.6 Å². The van der Waals surface area contributed by atoms with E-state index in [1.54, 1.807) is 0 Å². The Hall–Kier alpha value is -4.96. The highest BCUT2D eigenvalue weighted by molar-refractivity contribution is 7.80. The molecule has 65 heavy (non-hydrogen) atoms. The van der Waals surface area contributed by atoms with E-state index in [1.165, 1.54) is 0 Å². The number of carboxylic acids is 4. The maximum atomic E-state index is 12.9. The van der Waals surface area contributed by atoms with Crippen LogP contribution in [0.2, 0.25) is 0 Å². The smallest absolute Gasteiger partial charge is 0.326 e. The summed E-state index contributed by atoms with van der Waals surface area (Å²) in [7, 11) is 6.30. The molecule has 1 aliphatic heterocycles. The molecule has 1 aliphatic rings. The van der Waals surface area contributed by atoms with Crippen LogP contribution in [-0.2, 0) is 35.2 Å². The Morgan fingerprint density at radius 3 is 1.89 bits per heavy atom. The molecule has 1 fully saturated rings. The van der Waals surface area contributed by atoms with E-state index < -0.39 is 47.8 Å². The molecular weight excluding hydrogens is 863 g/mol. The minimum absolute atomic E-state index is 0.00370. The van der Waals surface area contributed by atoms with Crippen LogP contribution in [-0.4, -0.2) is 192 Å². The van der Waals surface area contributed by atoms with Crippen molar-refractivity contribution in [2.45, 2.75) is 95.6 Å². The molecule has 1 aromatic carbocycles. The van der Waals surface area contributed by atoms with Crippen molar-refractivity contribution in [2.24, 2.45) is 5.92 Å². The first-order chi connectivity index (χ1) is 30.9. The Labute approximate surface area is 388 Å². The lowest BCUT2D eigenvalue weighted by Gasteiger charge is -2.36. The number of ketones is 1.